The summed E-state index contributed by atoms with van der Waals surface area (Å²) in [5.41, 5.74) is 0. The molecule has 0 saturated carbocycles. The van der Waals surface area contributed by atoms with Gasteiger partial charge >= 0.3 is 24.0 Å². The predicted octanol–water partition coefficient (Wildman–Crippen LogP) is 5.33. The van der Waals surface area contributed by atoms with E-state index in [2.05, 4.69) is 28.2 Å². The number of amides is 1. The lowest BCUT2D eigenvalue weighted by Gasteiger charge is -2.21. The van der Waals surface area contributed by atoms with E-state index < -0.39 is 41.4 Å². The van der Waals surface area contributed by atoms with Gasteiger partial charge in [0.25, 0.3) is 0 Å². The van der Waals surface area contributed by atoms with E-state index in [1.54, 1.807) is 5.32 Å². The first kappa shape index (κ1) is 36.1. The highest BCUT2D eigenvalue weighted by Crippen LogP contribution is 2.21. The molecule has 0 aliphatic carbocycles. The number of esters is 2. The Balaban J connectivity index is 4.88. The van der Waals surface area contributed by atoms with Crippen molar-refractivity contribution < 1.29 is 42.1 Å². The van der Waals surface area contributed by atoms with Crippen LogP contribution in [0.1, 0.15) is 96.8 Å². The third-order valence-electron chi connectivity index (χ3n) is 5.85. The lowest BCUT2D eigenvalue weighted by molar-refractivity contribution is -0.175. The molecule has 3 atom stereocenters. The molecule has 0 aromatic heterocycles. The summed E-state index contributed by atoms with van der Waals surface area (Å²) in [5.74, 6) is 2.00. The zero-order chi connectivity index (χ0) is 28.8. The maximum atomic E-state index is 12.7. The molecule has 0 aliphatic rings. The van der Waals surface area contributed by atoms with E-state index in [1.165, 1.54) is 52.1 Å². The molecule has 0 fully saturated rings. The lowest BCUT2D eigenvalue weighted by atomic mass is 10.1. The number of nitrogens with one attached hydrogen (secondary N) is 1. The van der Waals surface area contributed by atoms with E-state index >= 15 is 0 Å². The SMILES string of the molecule is CCCCCCCCCCCCC#CC(SCC(NC(=O)C(F)(F)F)C(=O)OC)C(O)CCCC(=O)OC. The van der Waals surface area contributed by atoms with E-state index in [0.717, 1.165) is 38.1 Å². The quantitative estimate of drug-likeness (QED) is 0.117. The smallest absolute Gasteiger partial charge is 0.469 e. The second-order valence-electron chi connectivity index (χ2n) is 9.09. The number of aliphatic hydroxyl groups is 1. The number of carbonyl (C=O) groups is 3. The summed E-state index contributed by atoms with van der Waals surface area (Å²) in [4.78, 5) is 34.6. The number of methoxy groups -OCH3 is 2. The topological polar surface area (TPSA) is 102 Å². The summed E-state index contributed by atoms with van der Waals surface area (Å²) >= 11 is 0.959. The van der Waals surface area contributed by atoms with Gasteiger partial charge in [0.15, 0.2) is 0 Å². The Morgan fingerprint density at radius 2 is 1.50 bits per heavy atom. The van der Waals surface area contributed by atoms with Crippen molar-refractivity contribution in [1.82, 2.24) is 5.32 Å². The van der Waals surface area contributed by atoms with E-state index in [4.69, 9.17) is 0 Å². The van der Waals surface area contributed by atoms with Crippen LogP contribution in [0.3, 0.4) is 0 Å². The fraction of sp³-hybridized carbons (Fsp3) is 0.815. The fourth-order valence-electron chi connectivity index (χ4n) is 3.58. The monoisotopic (exact) mass is 567 g/mol. The zero-order valence-electron chi connectivity index (χ0n) is 22.9. The molecular formula is C27H44F3NO6S. The third-order valence-corrected chi connectivity index (χ3v) is 7.17. The van der Waals surface area contributed by atoms with Crippen molar-refractivity contribution in [1.29, 1.82) is 0 Å². The molecule has 7 nitrogen and oxygen atoms in total. The highest BCUT2D eigenvalue weighted by molar-refractivity contribution is 8.00. The number of hydrogen-bond donors (Lipinski definition) is 2. The fourth-order valence-corrected chi connectivity index (χ4v) is 4.73. The number of ether oxygens (including phenoxy) is 2. The highest BCUT2D eigenvalue weighted by Gasteiger charge is 2.41. The minimum atomic E-state index is -5.15. The van der Waals surface area contributed by atoms with Gasteiger partial charge in [-0.3, -0.25) is 9.59 Å². The molecule has 0 aliphatic heterocycles. The van der Waals surface area contributed by atoms with Gasteiger partial charge in [-0.05, 0) is 19.3 Å². The average molecular weight is 568 g/mol. The van der Waals surface area contributed by atoms with Crippen molar-refractivity contribution in [2.45, 2.75) is 120 Å². The van der Waals surface area contributed by atoms with Gasteiger partial charge in [-0.25, -0.2) is 4.79 Å². The Hall–Kier alpha value is -1.93. The lowest BCUT2D eigenvalue weighted by Crippen LogP contribution is -2.49. The van der Waals surface area contributed by atoms with Gasteiger partial charge in [0.05, 0.1) is 25.6 Å². The molecule has 0 rings (SSSR count). The molecule has 11 heteroatoms. The van der Waals surface area contributed by atoms with Gasteiger partial charge in [0.2, 0.25) is 0 Å². The Kier molecular flexibility index (Phi) is 20.8. The highest BCUT2D eigenvalue weighted by atomic mass is 32.2. The average Bonchev–Trinajstić information content (AvgIpc) is 2.88. The van der Waals surface area contributed by atoms with Crippen LogP contribution in [0, 0.1) is 11.8 Å². The predicted molar refractivity (Wildman–Crippen MR) is 142 cm³/mol. The van der Waals surface area contributed by atoms with Gasteiger partial charge in [-0.15, -0.1) is 17.7 Å². The van der Waals surface area contributed by atoms with Crippen molar-refractivity contribution in [2.75, 3.05) is 20.0 Å². The number of hydrogen-bond acceptors (Lipinski definition) is 7. The van der Waals surface area contributed by atoms with Crippen molar-refractivity contribution in [2.24, 2.45) is 0 Å². The molecule has 3 unspecified atom stereocenters. The molecule has 38 heavy (non-hydrogen) atoms. The summed E-state index contributed by atoms with van der Waals surface area (Å²) in [6, 6.07) is -1.56. The third kappa shape index (κ3) is 18.3. The molecule has 2 N–H and O–H groups in total. The molecule has 0 heterocycles. The molecule has 0 radical (unpaired) electrons. The largest absolute Gasteiger partial charge is 0.471 e. The number of thioether (sulfide) groups is 1. The minimum absolute atomic E-state index is 0.101. The normalized spacial score (nSPS) is 13.6. The van der Waals surface area contributed by atoms with Crippen LogP contribution in [0.2, 0.25) is 0 Å². The van der Waals surface area contributed by atoms with E-state index in [0.29, 0.717) is 12.8 Å². The van der Waals surface area contributed by atoms with Crippen LogP contribution in [0.5, 0.6) is 0 Å². The molecule has 0 aromatic carbocycles. The van der Waals surface area contributed by atoms with E-state index in [-0.39, 0.29) is 18.6 Å². The molecular weight excluding hydrogens is 523 g/mol. The Morgan fingerprint density at radius 1 is 0.921 bits per heavy atom. The zero-order valence-corrected chi connectivity index (χ0v) is 23.7. The number of rotatable bonds is 20. The van der Waals surface area contributed by atoms with Crippen molar-refractivity contribution in [3.8, 4) is 11.8 Å². The first-order chi connectivity index (χ1) is 18.1. The summed E-state index contributed by atoms with van der Waals surface area (Å²) in [7, 11) is 2.27. The van der Waals surface area contributed by atoms with Crippen LogP contribution < -0.4 is 5.32 Å². The number of carbonyl (C=O) groups excluding carboxylic acids is 3. The second kappa shape index (κ2) is 21.9. The number of halogens is 3. The minimum Gasteiger partial charge on any atom is -0.469 e. The standard InChI is InChI=1S/C27H44F3NO6S/c1-4-5-6-7-8-9-10-11-12-13-14-15-18-23(22(32)17-16-19-24(33)36-2)38-20-21(25(34)37-3)31-26(35)27(28,29)30/h21-23,32H,4-14,16-17,19-20H2,1-3H3,(H,31,35). The summed E-state index contributed by atoms with van der Waals surface area (Å²) < 4.78 is 47.1. The Morgan fingerprint density at radius 3 is 2.03 bits per heavy atom. The van der Waals surface area contributed by atoms with Crippen LogP contribution in [0.4, 0.5) is 13.2 Å². The molecule has 0 saturated heterocycles. The van der Waals surface area contributed by atoms with Gasteiger partial charge in [-0.1, -0.05) is 70.6 Å². The van der Waals surface area contributed by atoms with Gasteiger partial charge in [-0.2, -0.15) is 13.2 Å². The van der Waals surface area contributed by atoms with Crippen molar-refractivity contribution in [3.63, 3.8) is 0 Å². The molecule has 0 spiro atoms. The summed E-state index contributed by atoms with van der Waals surface area (Å²) in [6.07, 6.45) is 6.97. The molecule has 1 amide bonds. The maximum Gasteiger partial charge on any atom is 0.471 e. The molecule has 220 valence electrons. The number of alkyl halides is 3. The van der Waals surface area contributed by atoms with Gasteiger partial charge in [0.1, 0.15) is 6.04 Å². The van der Waals surface area contributed by atoms with Crippen molar-refractivity contribution in [3.05, 3.63) is 0 Å². The number of aliphatic hydroxyl groups excluding tert-OH is 1. The second-order valence-corrected chi connectivity index (χ2v) is 10.3. The first-order valence-corrected chi connectivity index (χ1v) is 14.4. The van der Waals surface area contributed by atoms with Gasteiger partial charge < -0.3 is 19.9 Å². The number of unbranched alkanes of at least 4 members (excludes halogenated alkanes) is 10. The van der Waals surface area contributed by atoms with Gasteiger partial charge in [0, 0.05) is 18.6 Å². The van der Waals surface area contributed by atoms with Crippen molar-refractivity contribution >= 4 is 29.6 Å². The van der Waals surface area contributed by atoms with Crippen LogP contribution in [0.15, 0.2) is 0 Å². The van der Waals surface area contributed by atoms with Crippen LogP contribution in [-0.2, 0) is 23.9 Å². The summed E-state index contributed by atoms with van der Waals surface area (Å²) in [5, 5.41) is 11.5. The van der Waals surface area contributed by atoms with E-state index in [1.807, 2.05) is 0 Å². The summed E-state index contributed by atoms with van der Waals surface area (Å²) in [6.45, 7) is 2.20. The van der Waals surface area contributed by atoms with Crippen LogP contribution >= 0.6 is 11.8 Å². The van der Waals surface area contributed by atoms with Crippen LogP contribution in [0.25, 0.3) is 0 Å². The Labute approximate surface area is 229 Å². The molecule has 0 aromatic rings. The van der Waals surface area contributed by atoms with E-state index in [9.17, 15) is 32.7 Å². The Bertz CT molecular complexity index is 739. The maximum absolute atomic E-state index is 12.7. The molecule has 0 bridgehead atoms. The first-order valence-electron chi connectivity index (χ1n) is 13.4. The van der Waals surface area contributed by atoms with Crippen LogP contribution in [-0.4, -0.2) is 66.5 Å².